The molecule has 30 heavy (non-hydrogen) atoms. The Morgan fingerprint density at radius 1 is 1.20 bits per heavy atom. The van der Waals surface area contributed by atoms with Gasteiger partial charge in [-0.2, -0.15) is 4.98 Å². The van der Waals surface area contributed by atoms with Crippen LogP contribution in [-0.4, -0.2) is 50.3 Å². The average Bonchev–Trinajstić information content (AvgIpc) is 3.27. The summed E-state index contributed by atoms with van der Waals surface area (Å²) < 4.78 is 13.6. The maximum absolute atomic E-state index is 12.3. The Balaban J connectivity index is 1.56. The van der Waals surface area contributed by atoms with E-state index in [1.165, 1.54) is 6.33 Å². The largest absolute Gasteiger partial charge is 0.471 e. The summed E-state index contributed by atoms with van der Waals surface area (Å²) in [6, 6.07) is 7.69. The predicted molar refractivity (Wildman–Crippen MR) is 115 cm³/mol. The molecule has 1 amide bonds. The Labute approximate surface area is 175 Å². The second kappa shape index (κ2) is 7.51. The van der Waals surface area contributed by atoms with E-state index >= 15 is 0 Å². The van der Waals surface area contributed by atoms with E-state index in [2.05, 4.69) is 9.97 Å². The van der Waals surface area contributed by atoms with Gasteiger partial charge >= 0.3 is 6.09 Å². The number of benzene rings is 1. The van der Waals surface area contributed by atoms with Crippen LogP contribution in [0.2, 0.25) is 0 Å². The van der Waals surface area contributed by atoms with Crippen LogP contribution in [0.1, 0.15) is 27.2 Å². The first-order valence-electron chi connectivity index (χ1n) is 10.0. The van der Waals surface area contributed by atoms with Crippen molar-refractivity contribution in [2.24, 2.45) is 7.05 Å². The van der Waals surface area contributed by atoms with E-state index in [0.717, 1.165) is 28.6 Å². The highest BCUT2D eigenvalue weighted by molar-refractivity contribution is 5.95. The van der Waals surface area contributed by atoms with Crippen LogP contribution in [0.15, 0.2) is 36.8 Å². The van der Waals surface area contributed by atoms with E-state index in [1.54, 1.807) is 4.90 Å². The quantitative estimate of drug-likeness (QED) is 0.664. The summed E-state index contributed by atoms with van der Waals surface area (Å²) in [5, 5.41) is 0. The third kappa shape index (κ3) is 4.03. The summed E-state index contributed by atoms with van der Waals surface area (Å²) in [7, 11) is 1.95. The number of nitrogens with two attached hydrogens (primary N) is 1. The van der Waals surface area contributed by atoms with Crippen LogP contribution in [0, 0.1) is 0 Å². The van der Waals surface area contributed by atoms with Crippen molar-refractivity contribution in [2.45, 2.75) is 38.9 Å². The summed E-state index contributed by atoms with van der Waals surface area (Å²) in [5.74, 6) is 0.514. The molecular formula is C22H27N5O3. The van der Waals surface area contributed by atoms with Gasteiger partial charge < -0.3 is 24.7 Å². The number of hydrogen-bond acceptors (Lipinski definition) is 6. The first-order valence-corrected chi connectivity index (χ1v) is 10.0. The lowest BCUT2D eigenvalue weighted by Crippen LogP contribution is -2.36. The van der Waals surface area contributed by atoms with E-state index < -0.39 is 5.60 Å². The lowest BCUT2D eigenvalue weighted by Gasteiger charge is -2.24. The van der Waals surface area contributed by atoms with Gasteiger partial charge in [0, 0.05) is 37.5 Å². The second-order valence-corrected chi connectivity index (χ2v) is 8.61. The van der Waals surface area contributed by atoms with Crippen LogP contribution < -0.4 is 10.5 Å². The number of likely N-dealkylation sites (tertiary alicyclic amines) is 1. The van der Waals surface area contributed by atoms with Crippen molar-refractivity contribution in [1.29, 1.82) is 0 Å². The van der Waals surface area contributed by atoms with E-state index in [-0.39, 0.29) is 12.2 Å². The highest BCUT2D eigenvalue weighted by Gasteiger charge is 2.31. The van der Waals surface area contributed by atoms with Gasteiger partial charge in [0.15, 0.2) is 0 Å². The molecule has 1 aliphatic heterocycles. The zero-order valence-corrected chi connectivity index (χ0v) is 17.8. The Bertz CT molecular complexity index is 1070. The van der Waals surface area contributed by atoms with Crippen molar-refractivity contribution < 1.29 is 14.3 Å². The number of rotatable bonds is 3. The normalized spacial score (nSPS) is 16.8. The standard InChI is InChI=1S/C22H27N5O3/c1-22(2,3)30-21(28)27-10-9-16(11-27)29-20-19-18(24-13-25-20)17(12-26(19)4)14-5-7-15(23)8-6-14/h5-8,12-13,16H,9-11,23H2,1-4H3. The van der Waals surface area contributed by atoms with Gasteiger partial charge in [-0.1, -0.05) is 12.1 Å². The van der Waals surface area contributed by atoms with E-state index in [0.29, 0.717) is 24.7 Å². The van der Waals surface area contributed by atoms with Crippen LogP contribution in [0.4, 0.5) is 10.5 Å². The van der Waals surface area contributed by atoms with Gasteiger partial charge in [0.2, 0.25) is 5.88 Å². The second-order valence-electron chi connectivity index (χ2n) is 8.61. The topological polar surface area (TPSA) is 95.5 Å². The molecule has 8 heteroatoms. The van der Waals surface area contributed by atoms with Gasteiger partial charge in [0.05, 0.1) is 6.54 Å². The summed E-state index contributed by atoms with van der Waals surface area (Å²) in [5.41, 5.74) is 9.66. The third-order valence-electron chi connectivity index (χ3n) is 5.02. The molecule has 158 valence electrons. The molecule has 1 unspecified atom stereocenters. The number of anilines is 1. The molecule has 2 N–H and O–H groups in total. The number of nitrogen functional groups attached to an aromatic ring is 1. The van der Waals surface area contributed by atoms with Crippen molar-refractivity contribution in [2.75, 3.05) is 18.8 Å². The van der Waals surface area contributed by atoms with Gasteiger partial charge in [-0.15, -0.1) is 0 Å². The third-order valence-corrected chi connectivity index (χ3v) is 5.02. The van der Waals surface area contributed by atoms with Crippen molar-refractivity contribution >= 4 is 22.8 Å². The molecule has 0 bridgehead atoms. The van der Waals surface area contributed by atoms with Crippen molar-refractivity contribution in [3.63, 3.8) is 0 Å². The molecule has 0 aliphatic carbocycles. The van der Waals surface area contributed by atoms with Crippen LogP contribution in [0.25, 0.3) is 22.2 Å². The first-order chi connectivity index (χ1) is 14.2. The fraction of sp³-hybridized carbons (Fsp3) is 0.409. The van der Waals surface area contributed by atoms with Gasteiger partial charge in [-0.3, -0.25) is 0 Å². The van der Waals surface area contributed by atoms with Gasteiger partial charge in [-0.25, -0.2) is 9.78 Å². The zero-order valence-electron chi connectivity index (χ0n) is 17.8. The minimum Gasteiger partial charge on any atom is -0.471 e. The summed E-state index contributed by atoms with van der Waals surface area (Å²) in [4.78, 5) is 22.9. The molecule has 3 aromatic rings. The summed E-state index contributed by atoms with van der Waals surface area (Å²) in [6.45, 7) is 6.65. The number of fused-ring (bicyclic) bond motifs is 1. The minimum atomic E-state index is -0.517. The zero-order chi connectivity index (χ0) is 21.5. The molecule has 4 rings (SSSR count). The molecule has 2 aromatic heterocycles. The maximum atomic E-state index is 12.3. The molecule has 1 aliphatic rings. The molecule has 0 spiro atoms. The number of ether oxygens (including phenoxy) is 2. The molecule has 3 heterocycles. The van der Waals surface area contributed by atoms with Crippen molar-refractivity contribution in [3.05, 3.63) is 36.8 Å². The molecule has 1 atom stereocenters. The number of amides is 1. The SMILES string of the molecule is Cn1cc(-c2ccc(N)cc2)c2ncnc(OC3CCN(C(=O)OC(C)(C)C)C3)c21. The highest BCUT2D eigenvalue weighted by Crippen LogP contribution is 2.33. The van der Waals surface area contributed by atoms with Crippen LogP contribution in [-0.2, 0) is 11.8 Å². The Morgan fingerprint density at radius 3 is 2.63 bits per heavy atom. The van der Waals surface area contributed by atoms with Crippen LogP contribution in [0.3, 0.4) is 0 Å². The van der Waals surface area contributed by atoms with E-state index in [9.17, 15) is 4.79 Å². The number of nitrogens with zero attached hydrogens (tertiary/aromatic N) is 4. The number of aromatic nitrogens is 3. The maximum Gasteiger partial charge on any atom is 0.410 e. The Morgan fingerprint density at radius 2 is 1.93 bits per heavy atom. The molecule has 1 fully saturated rings. The first kappa shape index (κ1) is 20.0. The lowest BCUT2D eigenvalue weighted by atomic mass is 10.1. The number of carbonyl (C=O) groups is 1. The average molecular weight is 409 g/mol. The summed E-state index contributed by atoms with van der Waals surface area (Å²) >= 11 is 0. The smallest absolute Gasteiger partial charge is 0.410 e. The predicted octanol–water partition coefficient (Wildman–Crippen LogP) is 3.61. The fourth-order valence-corrected chi connectivity index (χ4v) is 3.63. The Hall–Kier alpha value is -3.29. The molecule has 8 nitrogen and oxygen atoms in total. The van der Waals surface area contributed by atoms with Gasteiger partial charge in [0.25, 0.3) is 0 Å². The fourth-order valence-electron chi connectivity index (χ4n) is 3.63. The summed E-state index contributed by atoms with van der Waals surface area (Å²) in [6.07, 6.45) is 3.79. The highest BCUT2D eigenvalue weighted by atomic mass is 16.6. The van der Waals surface area contributed by atoms with Crippen molar-refractivity contribution in [3.8, 4) is 17.0 Å². The van der Waals surface area contributed by atoms with Crippen LogP contribution in [0.5, 0.6) is 5.88 Å². The number of hydrogen-bond donors (Lipinski definition) is 1. The molecule has 1 saturated heterocycles. The molecule has 1 aromatic carbocycles. The van der Waals surface area contributed by atoms with Gasteiger partial charge in [-0.05, 0) is 38.5 Å². The van der Waals surface area contributed by atoms with Crippen LogP contribution >= 0.6 is 0 Å². The Kier molecular flexibility index (Phi) is 5.01. The minimum absolute atomic E-state index is 0.148. The van der Waals surface area contributed by atoms with Gasteiger partial charge in [0.1, 0.15) is 29.1 Å². The molecular weight excluding hydrogens is 382 g/mol. The van der Waals surface area contributed by atoms with E-state index in [1.807, 2.05) is 62.8 Å². The number of carbonyl (C=O) groups excluding carboxylic acids is 1. The molecule has 0 radical (unpaired) electrons. The van der Waals surface area contributed by atoms with Crippen molar-refractivity contribution in [1.82, 2.24) is 19.4 Å². The number of aryl methyl sites for hydroxylation is 1. The lowest BCUT2D eigenvalue weighted by molar-refractivity contribution is 0.0275. The monoisotopic (exact) mass is 409 g/mol. The molecule has 0 saturated carbocycles. The van der Waals surface area contributed by atoms with E-state index in [4.69, 9.17) is 15.2 Å².